The highest BCUT2D eigenvalue weighted by molar-refractivity contribution is 6.16. The number of hydrogen-bond donors (Lipinski definition) is 2. The van der Waals surface area contributed by atoms with Crippen LogP contribution in [0.5, 0.6) is 0 Å². The lowest BCUT2D eigenvalue weighted by atomic mass is 9.96. The third-order valence-corrected chi connectivity index (χ3v) is 9.34. The molecule has 2 unspecified atom stereocenters. The summed E-state index contributed by atoms with van der Waals surface area (Å²) < 4.78 is 5.80. The molecule has 0 radical (unpaired) electrons. The summed E-state index contributed by atoms with van der Waals surface area (Å²) in [5.74, 6) is -1.16. The SMILES string of the molecule is CN=C(C(C)=CN)c1ccc2c(c1)N(C)C(=O)[C@@H](C)N(Cc1cccc(C(=O)NCC34CC3c3cc(C)ccc3C(=O)O4)c1)C2=O. The minimum absolute atomic E-state index is 0.0545. The van der Waals surface area contributed by atoms with E-state index < -0.39 is 11.6 Å². The van der Waals surface area contributed by atoms with Crippen molar-refractivity contribution in [2.75, 3.05) is 25.5 Å². The van der Waals surface area contributed by atoms with E-state index in [0.29, 0.717) is 40.1 Å². The van der Waals surface area contributed by atoms with Crippen LogP contribution in [0.2, 0.25) is 0 Å². The van der Waals surface area contributed by atoms with Gasteiger partial charge in [0.15, 0.2) is 0 Å². The number of benzene rings is 3. The predicted octanol–water partition coefficient (Wildman–Crippen LogP) is 4.11. The Morgan fingerprint density at radius 1 is 1.09 bits per heavy atom. The summed E-state index contributed by atoms with van der Waals surface area (Å²) in [7, 11) is 3.32. The number of amides is 3. The van der Waals surface area contributed by atoms with Gasteiger partial charge in [0.1, 0.15) is 11.6 Å². The van der Waals surface area contributed by atoms with Crippen molar-refractivity contribution in [3.8, 4) is 0 Å². The lowest BCUT2D eigenvalue weighted by Crippen LogP contribution is -2.45. The van der Waals surface area contributed by atoms with Crippen LogP contribution in [-0.4, -0.2) is 66.6 Å². The topological polar surface area (TPSA) is 134 Å². The number of aliphatic imine (C=N–C) groups is 1. The van der Waals surface area contributed by atoms with Gasteiger partial charge in [-0.2, -0.15) is 0 Å². The van der Waals surface area contributed by atoms with E-state index in [4.69, 9.17) is 10.5 Å². The minimum atomic E-state index is -0.755. The van der Waals surface area contributed by atoms with Crippen LogP contribution in [0.3, 0.4) is 0 Å². The summed E-state index contributed by atoms with van der Waals surface area (Å²) in [6.07, 6.45) is 2.13. The van der Waals surface area contributed by atoms with Crippen molar-refractivity contribution in [3.63, 3.8) is 0 Å². The third kappa shape index (κ3) is 5.23. The maximum Gasteiger partial charge on any atom is 0.339 e. The van der Waals surface area contributed by atoms with E-state index in [1.807, 2.05) is 32.0 Å². The molecule has 2 heterocycles. The summed E-state index contributed by atoms with van der Waals surface area (Å²) in [6.45, 7) is 5.86. The normalized spacial score (nSPS) is 22.4. The fraction of sp³-hybridized carbons (Fsp3) is 0.306. The van der Waals surface area contributed by atoms with Crippen LogP contribution in [0, 0.1) is 6.92 Å². The van der Waals surface area contributed by atoms with Gasteiger partial charge in [-0.05, 0) is 74.0 Å². The number of fused-ring (bicyclic) bond motifs is 4. The zero-order valence-corrected chi connectivity index (χ0v) is 26.6. The van der Waals surface area contributed by atoms with Crippen molar-refractivity contribution >= 4 is 35.1 Å². The molecule has 0 bridgehead atoms. The number of aryl methyl sites for hydroxylation is 1. The maximum atomic E-state index is 13.9. The molecular formula is C36H37N5O5. The summed E-state index contributed by atoms with van der Waals surface area (Å²) >= 11 is 0. The Balaban J connectivity index is 1.19. The van der Waals surface area contributed by atoms with E-state index in [2.05, 4.69) is 10.3 Å². The van der Waals surface area contributed by atoms with E-state index in [0.717, 1.165) is 22.3 Å². The molecule has 1 fully saturated rings. The molecule has 3 aliphatic rings. The molecule has 1 saturated carbocycles. The molecule has 10 heteroatoms. The Hall–Kier alpha value is -5.25. The molecular weight excluding hydrogens is 582 g/mol. The number of ether oxygens (including phenoxy) is 1. The molecule has 10 nitrogen and oxygen atoms in total. The lowest BCUT2D eigenvalue weighted by molar-refractivity contribution is -0.122. The van der Waals surface area contributed by atoms with Gasteiger partial charge >= 0.3 is 5.97 Å². The van der Waals surface area contributed by atoms with Gasteiger partial charge in [-0.25, -0.2) is 4.79 Å². The second-order valence-electron chi connectivity index (χ2n) is 12.3. The predicted molar refractivity (Wildman–Crippen MR) is 175 cm³/mol. The second kappa shape index (κ2) is 11.6. The quantitative estimate of drug-likeness (QED) is 0.302. The van der Waals surface area contributed by atoms with E-state index in [9.17, 15) is 19.2 Å². The van der Waals surface area contributed by atoms with Crippen LogP contribution in [0.25, 0.3) is 0 Å². The third-order valence-electron chi connectivity index (χ3n) is 9.34. The lowest BCUT2D eigenvalue weighted by Gasteiger charge is -2.27. The first-order valence-electron chi connectivity index (χ1n) is 15.3. The van der Waals surface area contributed by atoms with Crippen molar-refractivity contribution in [1.82, 2.24) is 10.2 Å². The van der Waals surface area contributed by atoms with Crippen molar-refractivity contribution < 1.29 is 23.9 Å². The second-order valence-corrected chi connectivity index (χ2v) is 12.3. The van der Waals surface area contributed by atoms with Crippen molar-refractivity contribution in [2.24, 2.45) is 10.7 Å². The molecule has 0 spiro atoms. The Kier molecular flexibility index (Phi) is 7.75. The van der Waals surface area contributed by atoms with Gasteiger partial charge in [0, 0.05) is 44.1 Å². The van der Waals surface area contributed by atoms with Gasteiger partial charge in [-0.15, -0.1) is 0 Å². The Labute approximate surface area is 267 Å². The number of nitrogens with zero attached hydrogens (tertiary/aromatic N) is 3. The summed E-state index contributed by atoms with van der Waals surface area (Å²) in [5, 5.41) is 2.95. The molecule has 0 saturated heterocycles. The van der Waals surface area contributed by atoms with Crippen molar-refractivity contribution in [2.45, 2.75) is 51.3 Å². The number of hydrogen-bond acceptors (Lipinski definition) is 7. The number of nitrogens with one attached hydrogen (secondary N) is 1. The van der Waals surface area contributed by atoms with Crippen LogP contribution < -0.4 is 16.0 Å². The van der Waals surface area contributed by atoms with Gasteiger partial charge < -0.3 is 25.6 Å². The first-order valence-corrected chi connectivity index (χ1v) is 15.3. The smallest absolute Gasteiger partial charge is 0.339 e. The number of nitrogens with two attached hydrogens (primary N) is 1. The van der Waals surface area contributed by atoms with E-state index in [1.54, 1.807) is 63.5 Å². The van der Waals surface area contributed by atoms with Crippen LogP contribution in [0.4, 0.5) is 5.69 Å². The number of carbonyl (C=O) groups is 4. The van der Waals surface area contributed by atoms with Crippen LogP contribution in [0.15, 0.2) is 77.4 Å². The molecule has 236 valence electrons. The number of allylic oxidation sites excluding steroid dienone is 1. The Morgan fingerprint density at radius 3 is 2.59 bits per heavy atom. The molecule has 3 aromatic carbocycles. The molecule has 6 rings (SSSR count). The van der Waals surface area contributed by atoms with Crippen molar-refractivity contribution in [3.05, 3.63) is 111 Å². The molecule has 46 heavy (non-hydrogen) atoms. The number of rotatable bonds is 7. The van der Waals surface area contributed by atoms with E-state index in [1.165, 1.54) is 16.0 Å². The van der Waals surface area contributed by atoms with Gasteiger partial charge in [-0.3, -0.25) is 19.4 Å². The van der Waals surface area contributed by atoms with E-state index >= 15 is 0 Å². The zero-order chi connectivity index (χ0) is 32.9. The standard InChI is InChI=1S/C36H37N5O5/c1-20-9-11-26-28(13-20)29-16-36(29,46-35(26)45)19-39-32(42)25-8-6-7-23(14-25)18-41-22(3)33(43)40(5)30-15-24(10-12-27(30)34(41)44)31(38-4)21(2)17-37/h6-15,17,22,29H,16,18-19,37H2,1-5H3,(H,39,42)/t22-,29?,36?/m1/s1. The summed E-state index contributed by atoms with van der Waals surface area (Å²) in [4.78, 5) is 60.8. The summed E-state index contributed by atoms with van der Waals surface area (Å²) in [6, 6.07) is 17.3. The Bertz CT molecular complexity index is 1860. The molecule has 0 aromatic heterocycles. The highest BCUT2D eigenvalue weighted by Crippen LogP contribution is 2.58. The molecule has 2 aliphatic heterocycles. The molecule has 3 atom stereocenters. The number of esters is 1. The first kappa shape index (κ1) is 30.8. The first-order chi connectivity index (χ1) is 22.0. The zero-order valence-electron chi connectivity index (χ0n) is 26.6. The largest absolute Gasteiger partial charge is 0.453 e. The van der Waals surface area contributed by atoms with Gasteiger partial charge in [-0.1, -0.05) is 35.9 Å². The average Bonchev–Trinajstić information content (AvgIpc) is 3.80. The highest BCUT2D eigenvalue weighted by atomic mass is 16.6. The summed E-state index contributed by atoms with van der Waals surface area (Å²) in [5.41, 5.74) is 11.8. The average molecular weight is 620 g/mol. The van der Waals surface area contributed by atoms with Gasteiger partial charge in [0.2, 0.25) is 5.91 Å². The highest BCUT2D eigenvalue weighted by Gasteiger charge is 2.62. The molecule has 3 aromatic rings. The fourth-order valence-electron chi connectivity index (χ4n) is 6.58. The number of anilines is 1. The van der Waals surface area contributed by atoms with Crippen LogP contribution >= 0.6 is 0 Å². The minimum Gasteiger partial charge on any atom is -0.453 e. The fourth-order valence-corrected chi connectivity index (χ4v) is 6.58. The van der Waals surface area contributed by atoms with E-state index in [-0.39, 0.29) is 42.7 Å². The number of carbonyl (C=O) groups excluding carboxylic acids is 4. The van der Waals surface area contributed by atoms with Gasteiger partial charge in [0.05, 0.1) is 29.1 Å². The van der Waals surface area contributed by atoms with Crippen LogP contribution in [0.1, 0.15) is 79.5 Å². The monoisotopic (exact) mass is 619 g/mol. The van der Waals surface area contributed by atoms with Gasteiger partial charge in [0.25, 0.3) is 11.8 Å². The Morgan fingerprint density at radius 2 is 1.85 bits per heavy atom. The molecule has 3 N–H and O–H groups in total. The maximum absolute atomic E-state index is 13.9. The molecule has 1 aliphatic carbocycles. The number of likely N-dealkylation sites (N-methyl/N-ethyl adjacent to an activating group) is 1. The van der Waals surface area contributed by atoms with Crippen molar-refractivity contribution in [1.29, 1.82) is 0 Å². The van der Waals surface area contributed by atoms with Crippen LogP contribution in [-0.2, 0) is 16.1 Å². The molecule has 3 amide bonds.